The number of carbonyl (C=O) groups is 4. The molecule has 5 rings (SSSR count). The van der Waals surface area contributed by atoms with Crippen LogP contribution in [0.4, 0.5) is 5.69 Å². The Balaban J connectivity index is 1.24. The van der Waals surface area contributed by atoms with E-state index in [0.29, 0.717) is 5.02 Å². The number of sulfone groups is 1. The maximum absolute atomic E-state index is 13.1. The highest BCUT2D eigenvalue weighted by Gasteiger charge is 2.35. The first-order valence-corrected chi connectivity index (χ1v) is 14.2. The van der Waals surface area contributed by atoms with Crippen molar-refractivity contribution < 1.29 is 27.6 Å². The van der Waals surface area contributed by atoms with Gasteiger partial charge >= 0.3 is 0 Å². The van der Waals surface area contributed by atoms with Gasteiger partial charge < -0.3 is 16.4 Å². The fraction of sp³-hybridized carbons (Fsp3) is 0.0667. The molecule has 0 saturated carbocycles. The number of benzene rings is 4. The van der Waals surface area contributed by atoms with Crippen LogP contribution in [0.1, 0.15) is 52.6 Å². The molecular formula is C30H22ClN3O6S. The molecule has 2 amide bonds. The van der Waals surface area contributed by atoms with E-state index in [1.807, 2.05) is 0 Å². The number of carbonyl (C=O) groups excluding carboxylic acids is 4. The van der Waals surface area contributed by atoms with E-state index in [9.17, 15) is 27.6 Å². The van der Waals surface area contributed by atoms with Crippen molar-refractivity contribution in [2.24, 2.45) is 0 Å². The van der Waals surface area contributed by atoms with E-state index in [0.717, 1.165) is 0 Å². The fourth-order valence-corrected chi connectivity index (χ4v) is 6.29. The highest BCUT2D eigenvalue weighted by atomic mass is 35.5. The summed E-state index contributed by atoms with van der Waals surface area (Å²) in [5, 5.41) is 5.59. The Bertz CT molecular complexity index is 1870. The summed E-state index contributed by atoms with van der Waals surface area (Å²) >= 11 is 5.94. The summed E-state index contributed by atoms with van der Waals surface area (Å²) in [7, 11) is -3.99. The fourth-order valence-electron chi connectivity index (χ4n) is 4.49. The molecule has 0 aliphatic carbocycles. The van der Waals surface area contributed by atoms with Gasteiger partial charge in [-0.25, -0.2) is 8.42 Å². The minimum Gasteiger partial charge on any atom is -0.398 e. The highest BCUT2D eigenvalue weighted by molar-refractivity contribution is 7.91. The normalized spacial score (nSPS) is 13.0. The lowest BCUT2D eigenvalue weighted by molar-refractivity contribution is 0.0924. The predicted molar refractivity (Wildman–Crippen MR) is 152 cm³/mol. The Labute approximate surface area is 240 Å². The molecule has 0 radical (unpaired) electrons. The number of fused-ring (bicyclic) bond motifs is 2. The quantitative estimate of drug-likeness (QED) is 0.149. The zero-order valence-electron chi connectivity index (χ0n) is 21.3. The van der Waals surface area contributed by atoms with E-state index in [4.69, 9.17) is 17.3 Å². The molecule has 11 heteroatoms. The molecule has 0 unspecified atom stereocenters. The van der Waals surface area contributed by atoms with E-state index in [2.05, 4.69) is 10.6 Å². The zero-order chi connectivity index (χ0) is 29.3. The van der Waals surface area contributed by atoms with Crippen molar-refractivity contribution in [1.29, 1.82) is 0 Å². The molecule has 0 bridgehead atoms. The standard InChI is InChI=1S/C30H22ClN3O6S/c31-23-12-10-17(15-24(23)32)27(35)19-5-1-2-6-20(19)30(38)34-14-13-33-29(37)18-9-11-22-26(16-18)41(39,40)25-8-4-3-7-21(25)28(22)36/h1-12,15-16H,13-14,32H2,(H,33,37)(H,34,38). The van der Waals surface area contributed by atoms with Crippen LogP contribution in [0.5, 0.6) is 0 Å². The number of nitrogens with one attached hydrogen (secondary N) is 2. The van der Waals surface area contributed by atoms with Gasteiger partial charge in [-0.1, -0.05) is 41.9 Å². The molecule has 0 atom stereocenters. The molecule has 0 fully saturated rings. The van der Waals surface area contributed by atoms with Crippen LogP contribution in [-0.2, 0) is 9.84 Å². The highest BCUT2D eigenvalue weighted by Crippen LogP contribution is 2.34. The minimum atomic E-state index is -3.99. The number of rotatable bonds is 7. The second-order valence-electron chi connectivity index (χ2n) is 9.16. The van der Waals surface area contributed by atoms with Gasteiger partial charge in [0.25, 0.3) is 11.8 Å². The van der Waals surface area contributed by atoms with E-state index in [-0.39, 0.29) is 61.9 Å². The topological polar surface area (TPSA) is 152 Å². The van der Waals surface area contributed by atoms with E-state index in [1.54, 1.807) is 18.2 Å². The van der Waals surface area contributed by atoms with Crippen LogP contribution in [0, 0.1) is 0 Å². The SMILES string of the molecule is Nc1cc(C(=O)c2ccccc2C(=O)NCCNC(=O)c2ccc3c(c2)S(=O)(=O)c2ccccc2C3=O)ccc1Cl. The van der Waals surface area contributed by atoms with Gasteiger partial charge in [-0.3, -0.25) is 19.2 Å². The van der Waals surface area contributed by atoms with Crippen molar-refractivity contribution in [3.05, 3.63) is 123 Å². The van der Waals surface area contributed by atoms with Crippen LogP contribution in [0.3, 0.4) is 0 Å². The molecule has 4 aromatic carbocycles. The van der Waals surface area contributed by atoms with Gasteiger partial charge in [0.2, 0.25) is 9.84 Å². The molecule has 41 heavy (non-hydrogen) atoms. The smallest absolute Gasteiger partial charge is 0.252 e. The van der Waals surface area contributed by atoms with Gasteiger partial charge in [0.05, 0.1) is 26.1 Å². The minimum absolute atomic E-state index is 0.00186. The Morgan fingerprint density at radius 2 is 1.32 bits per heavy atom. The van der Waals surface area contributed by atoms with Gasteiger partial charge in [0.15, 0.2) is 11.6 Å². The van der Waals surface area contributed by atoms with Crippen LogP contribution in [0.15, 0.2) is 94.7 Å². The number of amides is 2. The Morgan fingerprint density at radius 1 is 0.707 bits per heavy atom. The summed E-state index contributed by atoms with van der Waals surface area (Å²) < 4.78 is 26.2. The van der Waals surface area contributed by atoms with Crippen molar-refractivity contribution in [1.82, 2.24) is 10.6 Å². The zero-order valence-corrected chi connectivity index (χ0v) is 22.9. The number of hydrogen-bond acceptors (Lipinski definition) is 7. The van der Waals surface area contributed by atoms with Crippen molar-refractivity contribution in [3.63, 3.8) is 0 Å². The lowest BCUT2D eigenvalue weighted by Gasteiger charge is -2.19. The predicted octanol–water partition coefficient (Wildman–Crippen LogP) is 3.69. The average molecular weight is 588 g/mol. The number of nitrogens with two attached hydrogens (primary N) is 1. The Morgan fingerprint density at radius 3 is 2.05 bits per heavy atom. The van der Waals surface area contributed by atoms with Crippen LogP contribution in [-0.4, -0.2) is 44.9 Å². The maximum Gasteiger partial charge on any atom is 0.252 e. The van der Waals surface area contributed by atoms with E-state index >= 15 is 0 Å². The number of hydrogen-bond donors (Lipinski definition) is 3. The molecule has 0 saturated heterocycles. The van der Waals surface area contributed by atoms with Crippen molar-refractivity contribution in [2.75, 3.05) is 18.8 Å². The van der Waals surface area contributed by atoms with Crippen LogP contribution < -0.4 is 16.4 Å². The van der Waals surface area contributed by atoms with Crippen molar-refractivity contribution >= 4 is 50.5 Å². The van der Waals surface area contributed by atoms with Crippen LogP contribution in [0.2, 0.25) is 5.02 Å². The van der Waals surface area contributed by atoms with Crippen molar-refractivity contribution in [3.8, 4) is 0 Å². The van der Waals surface area contributed by atoms with Gasteiger partial charge in [-0.2, -0.15) is 0 Å². The first-order valence-electron chi connectivity index (χ1n) is 12.4. The monoisotopic (exact) mass is 587 g/mol. The number of anilines is 1. The van der Waals surface area contributed by atoms with Gasteiger partial charge in [0.1, 0.15) is 0 Å². The summed E-state index contributed by atoms with van der Waals surface area (Å²) in [6.07, 6.45) is 0. The summed E-state index contributed by atoms with van der Waals surface area (Å²) in [4.78, 5) is 51.2. The summed E-state index contributed by atoms with van der Waals surface area (Å²) in [5.41, 5.74) is 6.77. The second kappa shape index (κ2) is 11.0. The maximum atomic E-state index is 13.1. The molecule has 1 aliphatic heterocycles. The second-order valence-corrected chi connectivity index (χ2v) is 11.5. The summed E-state index contributed by atoms with van der Waals surface area (Å²) in [6.45, 7) is 0.0378. The molecular weight excluding hydrogens is 566 g/mol. The van der Waals surface area contributed by atoms with Crippen LogP contribution in [0.25, 0.3) is 0 Å². The molecule has 4 N–H and O–H groups in total. The van der Waals surface area contributed by atoms with Crippen LogP contribution >= 0.6 is 11.6 Å². The third-order valence-electron chi connectivity index (χ3n) is 6.57. The lowest BCUT2D eigenvalue weighted by atomic mass is 9.97. The van der Waals surface area contributed by atoms with Gasteiger partial charge in [-0.05, 0) is 54.6 Å². The number of nitrogen functional groups attached to an aromatic ring is 1. The van der Waals surface area contributed by atoms with E-state index in [1.165, 1.54) is 66.7 Å². The Hall–Kier alpha value is -4.80. The van der Waals surface area contributed by atoms with E-state index < -0.39 is 33.2 Å². The molecule has 9 nitrogen and oxygen atoms in total. The summed E-state index contributed by atoms with van der Waals surface area (Å²) in [5.74, 6) is -1.95. The first kappa shape index (κ1) is 27.8. The number of ketones is 2. The molecule has 0 spiro atoms. The molecule has 1 aliphatic rings. The lowest BCUT2D eigenvalue weighted by Crippen LogP contribution is -2.35. The third-order valence-corrected chi connectivity index (χ3v) is 8.77. The Kier molecular flexibility index (Phi) is 7.44. The molecule has 1 heterocycles. The molecule has 206 valence electrons. The van der Waals surface area contributed by atoms with Crippen molar-refractivity contribution in [2.45, 2.75) is 9.79 Å². The van der Waals surface area contributed by atoms with Gasteiger partial charge in [0, 0.05) is 40.9 Å². The number of halogens is 1. The first-order chi connectivity index (χ1) is 19.6. The van der Waals surface area contributed by atoms with Gasteiger partial charge in [-0.15, -0.1) is 0 Å². The molecule has 0 aromatic heterocycles. The average Bonchev–Trinajstić information content (AvgIpc) is 2.99. The summed E-state index contributed by atoms with van der Waals surface area (Å²) in [6, 6.07) is 20.6. The third kappa shape index (κ3) is 5.22. The largest absolute Gasteiger partial charge is 0.398 e. The molecule has 4 aromatic rings.